The SMILES string of the molecule is COc1cccnc1B1OCCN(c2ccccc2)CCO1. The van der Waals surface area contributed by atoms with Gasteiger partial charge < -0.3 is 18.9 Å². The van der Waals surface area contributed by atoms with E-state index in [4.69, 9.17) is 14.0 Å². The van der Waals surface area contributed by atoms with Gasteiger partial charge in [-0.1, -0.05) is 18.2 Å². The molecule has 1 aliphatic heterocycles. The molecular weight excluding hydrogens is 279 g/mol. The molecule has 0 saturated carbocycles. The normalized spacial score (nSPS) is 16.0. The van der Waals surface area contributed by atoms with Crippen molar-refractivity contribution in [2.24, 2.45) is 0 Å². The summed E-state index contributed by atoms with van der Waals surface area (Å²) in [5.74, 6) is 0.688. The zero-order valence-electron chi connectivity index (χ0n) is 12.6. The maximum atomic E-state index is 5.86. The molecule has 0 spiro atoms. The van der Waals surface area contributed by atoms with Crippen molar-refractivity contribution < 1.29 is 14.0 Å². The van der Waals surface area contributed by atoms with E-state index in [-0.39, 0.29) is 0 Å². The third-order valence-corrected chi connectivity index (χ3v) is 3.63. The molecule has 1 fully saturated rings. The lowest BCUT2D eigenvalue weighted by molar-refractivity contribution is 0.196. The van der Waals surface area contributed by atoms with Crippen molar-refractivity contribution in [1.82, 2.24) is 4.98 Å². The van der Waals surface area contributed by atoms with Gasteiger partial charge in [0.1, 0.15) is 11.3 Å². The number of anilines is 1. The van der Waals surface area contributed by atoms with Crippen LogP contribution in [0.4, 0.5) is 5.69 Å². The first-order chi connectivity index (χ1) is 10.9. The van der Waals surface area contributed by atoms with Crippen molar-refractivity contribution in [2.45, 2.75) is 0 Å². The van der Waals surface area contributed by atoms with Crippen LogP contribution >= 0.6 is 0 Å². The van der Waals surface area contributed by atoms with E-state index in [1.54, 1.807) is 13.3 Å². The molecular formula is C16H19BN2O3. The first-order valence-corrected chi connectivity index (χ1v) is 7.40. The van der Waals surface area contributed by atoms with Crippen molar-refractivity contribution in [3.05, 3.63) is 48.7 Å². The average Bonchev–Trinajstić information content (AvgIpc) is 2.56. The van der Waals surface area contributed by atoms with Crippen LogP contribution < -0.4 is 15.2 Å². The minimum Gasteiger partial charge on any atom is -0.496 e. The molecule has 0 radical (unpaired) electrons. The van der Waals surface area contributed by atoms with Crippen LogP contribution in [-0.2, 0) is 9.31 Å². The number of benzene rings is 1. The number of hydrogen-bond donors (Lipinski definition) is 0. The summed E-state index contributed by atoms with van der Waals surface area (Å²) in [6.45, 7) is 2.77. The standard InChI is InChI=1S/C16H19BN2O3/c1-20-15-8-5-9-18-16(15)17-21-12-10-19(11-13-22-17)14-6-3-2-4-7-14/h2-9H,10-13H2,1H3. The van der Waals surface area contributed by atoms with Gasteiger partial charge in [-0.2, -0.15) is 0 Å². The summed E-state index contributed by atoms with van der Waals surface area (Å²) >= 11 is 0. The largest absolute Gasteiger partial charge is 0.517 e. The van der Waals surface area contributed by atoms with Gasteiger partial charge in [0.25, 0.3) is 0 Å². The van der Waals surface area contributed by atoms with Crippen molar-refractivity contribution >= 4 is 18.4 Å². The Morgan fingerprint density at radius 2 is 1.77 bits per heavy atom. The Morgan fingerprint density at radius 1 is 1.05 bits per heavy atom. The van der Waals surface area contributed by atoms with Crippen LogP contribution in [0, 0.1) is 0 Å². The molecule has 22 heavy (non-hydrogen) atoms. The lowest BCUT2D eigenvalue weighted by atomic mass is 9.82. The van der Waals surface area contributed by atoms with E-state index in [0.29, 0.717) is 24.6 Å². The summed E-state index contributed by atoms with van der Waals surface area (Å²) < 4.78 is 17.0. The van der Waals surface area contributed by atoms with Crippen LogP contribution in [0.3, 0.4) is 0 Å². The second-order valence-electron chi connectivity index (χ2n) is 4.99. The Morgan fingerprint density at radius 3 is 2.45 bits per heavy atom. The zero-order chi connectivity index (χ0) is 15.2. The molecule has 2 heterocycles. The number of nitrogens with zero attached hydrogens (tertiary/aromatic N) is 2. The van der Waals surface area contributed by atoms with Crippen LogP contribution in [0.5, 0.6) is 5.75 Å². The number of pyridine rings is 1. The molecule has 5 nitrogen and oxygen atoms in total. The molecule has 1 aromatic carbocycles. The highest BCUT2D eigenvalue weighted by molar-refractivity contribution is 6.61. The molecule has 1 saturated heterocycles. The molecule has 2 aromatic rings. The Balaban J connectivity index is 1.67. The number of rotatable bonds is 3. The minimum atomic E-state index is -0.478. The van der Waals surface area contributed by atoms with E-state index in [2.05, 4.69) is 22.0 Å². The Labute approximate surface area is 131 Å². The van der Waals surface area contributed by atoms with E-state index in [1.165, 1.54) is 5.69 Å². The monoisotopic (exact) mass is 298 g/mol. The molecule has 1 aromatic heterocycles. The average molecular weight is 298 g/mol. The molecule has 0 N–H and O–H groups in total. The number of aromatic nitrogens is 1. The van der Waals surface area contributed by atoms with Gasteiger partial charge >= 0.3 is 7.12 Å². The first-order valence-electron chi connectivity index (χ1n) is 7.40. The summed E-state index contributed by atoms with van der Waals surface area (Å²) in [4.78, 5) is 6.59. The number of hydrogen-bond acceptors (Lipinski definition) is 5. The van der Waals surface area contributed by atoms with Gasteiger partial charge in [0.05, 0.1) is 7.11 Å². The third-order valence-electron chi connectivity index (χ3n) is 3.63. The van der Waals surface area contributed by atoms with Crippen LogP contribution in [0.15, 0.2) is 48.7 Å². The third kappa shape index (κ3) is 3.40. The second kappa shape index (κ2) is 7.29. The van der Waals surface area contributed by atoms with Gasteiger partial charge in [-0.25, -0.2) is 0 Å². The second-order valence-corrected chi connectivity index (χ2v) is 4.99. The van der Waals surface area contributed by atoms with Crippen LogP contribution in [0.1, 0.15) is 0 Å². The lowest BCUT2D eigenvalue weighted by Gasteiger charge is -2.29. The molecule has 114 valence electrons. The molecule has 0 bridgehead atoms. The Hall–Kier alpha value is -2.05. The van der Waals surface area contributed by atoms with Crippen LogP contribution in [0.2, 0.25) is 0 Å². The highest BCUT2D eigenvalue weighted by atomic mass is 16.6. The maximum absolute atomic E-state index is 5.86. The summed E-state index contributed by atoms with van der Waals surface area (Å²) in [5, 5.41) is 0. The van der Waals surface area contributed by atoms with Gasteiger partial charge in [0.2, 0.25) is 0 Å². The smallest absolute Gasteiger partial charge is 0.496 e. The minimum absolute atomic E-state index is 0.478. The summed E-state index contributed by atoms with van der Waals surface area (Å²) in [7, 11) is 1.15. The Kier molecular flexibility index (Phi) is 4.93. The molecule has 0 unspecified atom stereocenters. The predicted octanol–water partition coefficient (Wildman–Crippen LogP) is 1.34. The van der Waals surface area contributed by atoms with Crippen LogP contribution in [0.25, 0.3) is 0 Å². The molecule has 0 amide bonds. The fourth-order valence-corrected chi connectivity index (χ4v) is 2.51. The van der Waals surface area contributed by atoms with E-state index in [1.807, 2.05) is 30.3 Å². The summed E-state index contributed by atoms with van der Waals surface area (Å²) in [6.07, 6.45) is 1.72. The van der Waals surface area contributed by atoms with Crippen molar-refractivity contribution in [2.75, 3.05) is 38.3 Å². The molecule has 3 rings (SSSR count). The van der Waals surface area contributed by atoms with Gasteiger partial charge in [-0.05, 0) is 24.3 Å². The van der Waals surface area contributed by atoms with Crippen molar-refractivity contribution in [1.29, 1.82) is 0 Å². The first kappa shape index (κ1) is 14.9. The molecule has 6 heteroatoms. The number of para-hydroxylation sites is 1. The van der Waals surface area contributed by atoms with E-state index >= 15 is 0 Å². The Bertz CT molecular complexity index is 587. The van der Waals surface area contributed by atoms with E-state index in [9.17, 15) is 0 Å². The van der Waals surface area contributed by atoms with Crippen LogP contribution in [-0.4, -0.2) is 45.5 Å². The van der Waals surface area contributed by atoms with Gasteiger partial charge in [-0.3, -0.25) is 4.98 Å². The maximum Gasteiger partial charge on any atom is 0.517 e. The predicted molar refractivity (Wildman–Crippen MR) is 86.7 cm³/mol. The van der Waals surface area contributed by atoms with E-state index < -0.39 is 7.12 Å². The zero-order valence-corrected chi connectivity index (χ0v) is 12.6. The number of methoxy groups -OCH3 is 1. The van der Waals surface area contributed by atoms with Crippen molar-refractivity contribution in [3.8, 4) is 5.75 Å². The number of ether oxygens (including phenoxy) is 1. The molecule has 0 aliphatic carbocycles. The molecule has 0 atom stereocenters. The fourth-order valence-electron chi connectivity index (χ4n) is 2.51. The quantitative estimate of drug-likeness (QED) is 0.800. The highest BCUT2D eigenvalue weighted by Gasteiger charge is 2.28. The summed E-state index contributed by atoms with van der Waals surface area (Å²) in [6, 6.07) is 14.0. The van der Waals surface area contributed by atoms with Gasteiger partial charge in [0.15, 0.2) is 0 Å². The van der Waals surface area contributed by atoms with E-state index in [0.717, 1.165) is 13.1 Å². The van der Waals surface area contributed by atoms with Crippen molar-refractivity contribution in [3.63, 3.8) is 0 Å². The topological polar surface area (TPSA) is 43.8 Å². The molecule has 1 aliphatic rings. The van der Waals surface area contributed by atoms with Gasteiger partial charge in [-0.15, -0.1) is 0 Å². The van der Waals surface area contributed by atoms with Gasteiger partial charge in [0, 0.05) is 38.2 Å². The fraction of sp³-hybridized carbons (Fsp3) is 0.312. The summed E-state index contributed by atoms with van der Waals surface area (Å²) in [5.41, 5.74) is 1.88. The lowest BCUT2D eigenvalue weighted by Crippen LogP contribution is -2.46. The highest BCUT2D eigenvalue weighted by Crippen LogP contribution is 2.14.